The Hall–Kier alpha value is -2.81. The summed E-state index contributed by atoms with van der Waals surface area (Å²) in [7, 11) is 1.80. The van der Waals surface area contributed by atoms with Gasteiger partial charge in [0, 0.05) is 18.3 Å². The number of nitrogen functional groups attached to an aromatic ring is 1. The fourth-order valence-electron chi connectivity index (χ4n) is 2.01. The summed E-state index contributed by atoms with van der Waals surface area (Å²) >= 11 is 0. The molecule has 4 N–H and O–H groups in total. The topological polar surface area (TPSA) is 93.7 Å². The third kappa shape index (κ3) is 2.53. The van der Waals surface area contributed by atoms with E-state index in [0.29, 0.717) is 22.7 Å². The molecule has 2 aromatic heterocycles. The number of aryl methyl sites for hydroxylation is 1. The summed E-state index contributed by atoms with van der Waals surface area (Å²) in [4.78, 5) is 12.6. The molecule has 3 aromatic rings. The number of nitrogens with two attached hydrogens (primary N) is 1. The summed E-state index contributed by atoms with van der Waals surface area (Å²) in [6.07, 6.45) is -0.895. The van der Waals surface area contributed by atoms with Crippen molar-refractivity contribution in [2.75, 3.05) is 10.7 Å². The van der Waals surface area contributed by atoms with Crippen molar-refractivity contribution in [2.45, 2.75) is 6.43 Å². The van der Waals surface area contributed by atoms with Gasteiger partial charge in [-0.25, -0.2) is 19.6 Å². The lowest BCUT2D eigenvalue weighted by Gasteiger charge is -2.09. The third-order valence-corrected chi connectivity index (χ3v) is 3.11. The highest BCUT2D eigenvalue weighted by atomic mass is 19.3. The zero-order valence-electron chi connectivity index (χ0n) is 11.6. The van der Waals surface area contributed by atoms with E-state index in [1.165, 1.54) is 12.1 Å². The Labute approximate surface area is 124 Å². The summed E-state index contributed by atoms with van der Waals surface area (Å²) in [5.74, 6) is 6.02. The molecule has 1 aromatic carbocycles. The minimum atomic E-state index is -2.50. The van der Waals surface area contributed by atoms with Crippen molar-refractivity contribution >= 4 is 28.6 Å². The van der Waals surface area contributed by atoms with Crippen molar-refractivity contribution in [3.8, 4) is 0 Å². The van der Waals surface area contributed by atoms with Crippen molar-refractivity contribution in [1.29, 1.82) is 0 Å². The molecule has 0 saturated heterocycles. The SMILES string of the molecule is Cn1cnc2c(Nc3ccc(C(F)F)cc3)nc(NN)nc21. The normalized spacial score (nSPS) is 11.1. The van der Waals surface area contributed by atoms with Crippen LogP contribution in [0, 0.1) is 0 Å². The van der Waals surface area contributed by atoms with E-state index in [0.717, 1.165) is 0 Å². The quantitative estimate of drug-likeness (QED) is 0.506. The van der Waals surface area contributed by atoms with E-state index in [1.807, 2.05) is 0 Å². The number of halogens is 2. The van der Waals surface area contributed by atoms with Crippen LogP contribution in [0.3, 0.4) is 0 Å². The van der Waals surface area contributed by atoms with Crippen molar-refractivity contribution in [3.63, 3.8) is 0 Å². The number of rotatable bonds is 4. The second kappa shape index (κ2) is 5.53. The van der Waals surface area contributed by atoms with Crippen molar-refractivity contribution in [1.82, 2.24) is 19.5 Å². The van der Waals surface area contributed by atoms with Crippen LogP contribution in [-0.4, -0.2) is 19.5 Å². The van der Waals surface area contributed by atoms with Crippen LogP contribution < -0.4 is 16.6 Å². The van der Waals surface area contributed by atoms with Gasteiger partial charge in [-0.2, -0.15) is 9.97 Å². The minimum absolute atomic E-state index is 0.0412. The standard InChI is InChI=1S/C13H13F2N7/c1-22-6-17-9-11(19-13(21-16)20-12(9)22)18-8-4-2-7(3-5-8)10(14)15/h2-6,10H,16H2,1H3,(H2,18,19,20,21). The Morgan fingerprint density at radius 3 is 2.55 bits per heavy atom. The molecule has 0 radical (unpaired) electrons. The Morgan fingerprint density at radius 1 is 1.18 bits per heavy atom. The van der Waals surface area contributed by atoms with E-state index in [1.54, 1.807) is 30.1 Å². The maximum atomic E-state index is 12.6. The molecule has 114 valence electrons. The highest BCUT2D eigenvalue weighted by molar-refractivity contribution is 5.86. The maximum absolute atomic E-state index is 12.6. The van der Waals surface area contributed by atoms with E-state index in [9.17, 15) is 8.78 Å². The molecule has 0 saturated carbocycles. The summed E-state index contributed by atoms with van der Waals surface area (Å²) in [5, 5.41) is 3.03. The Balaban J connectivity index is 1.99. The van der Waals surface area contributed by atoms with Crippen molar-refractivity contribution in [3.05, 3.63) is 36.2 Å². The van der Waals surface area contributed by atoms with Crippen LogP contribution in [0.2, 0.25) is 0 Å². The van der Waals surface area contributed by atoms with Crippen LogP contribution in [0.4, 0.5) is 26.2 Å². The molecule has 0 amide bonds. The van der Waals surface area contributed by atoms with Gasteiger partial charge in [-0.05, 0) is 12.1 Å². The van der Waals surface area contributed by atoms with Crippen molar-refractivity contribution in [2.24, 2.45) is 12.9 Å². The van der Waals surface area contributed by atoms with Crippen molar-refractivity contribution < 1.29 is 8.78 Å². The zero-order chi connectivity index (χ0) is 15.7. The average Bonchev–Trinajstić information content (AvgIpc) is 2.89. The van der Waals surface area contributed by atoms with E-state index < -0.39 is 6.43 Å². The molecule has 7 nitrogen and oxygen atoms in total. The number of nitrogens with zero attached hydrogens (tertiary/aromatic N) is 4. The summed E-state index contributed by atoms with van der Waals surface area (Å²) in [5.41, 5.74) is 4.10. The van der Waals surface area contributed by atoms with E-state index >= 15 is 0 Å². The van der Waals surface area contributed by atoms with Crippen LogP contribution in [0.15, 0.2) is 30.6 Å². The molecular formula is C13H13F2N7. The third-order valence-electron chi connectivity index (χ3n) is 3.11. The molecule has 0 bridgehead atoms. The van der Waals surface area contributed by atoms with Gasteiger partial charge in [-0.1, -0.05) is 12.1 Å². The molecule has 0 fully saturated rings. The smallest absolute Gasteiger partial charge is 0.263 e. The number of nitrogens with one attached hydrogen (secondary N) is 2. The number of imidazole rings is 1. The number of hydrazine groups is 1. The maximum Gasteiger partial charge on any atom is 0.263 e. The van der Waals surface area contributed by atoms with Gasteiger partial charge in [0.25, 0.3) is 6.43 Å². The molecule has 0 aliphatic heterocycles. The molecule has 22 heavy (non-hydrogen) atoms. The predicted octanol–water partition coefficient (Wildman–Crippen LogP) is 2.33. The lowest BCUT2D eigenvalue weighted by Crippen LogP contribution is -2.12. The first-order valence-electron chi connectivity index (χ1n) is 6.39. The fraction of sp³-hybridized carbons (Fsp3) is 0.154. The highest BCUT2D eigenvalue weighted by Crippen LogP contribution is 2.25. The monoisotopic (exact) mass is 305 g/mol. The number of hydrogen-bond donors (Lipinski definition) is 3. The molecule has 9 heteroatoms. The second-order valence-electron chi connectivity index (χ2n) is 4.62. The summed E-state index contributed by atoms with van der Waals surface area (Å²) in [6.45, 7) is 0. The number of aromatic nitrogens is 4. The lowest BCUT2D eigenvalue weighted by atomic mass is 10.2. The number of alkyl halides is 2. The molecular weight excluding hydrogens is 292 g/mol. The van der Waals surface area contributed by atoms with Gasteiger partial charge in [0.1, 0.15) is 0 Å². The van der Waals surface area contributed by atoms with Crippen LogP contribution in [0.25, 0.3) is 11.2 Å². The van der Waals surface area contributed by atoms with Crippen LogP contribution in [0.5, 0.6) is 0 Å². The Morgan fingerprint density at radius 2 is 1.91 bits per heavy atom. The first-order valence-corrected chi connectivity index (χ1v) is 6.39. The van der Waals surface area contributed by atoms with Gasteiger partial charge in [0.05, 0.1) is 6.33 Å². The second-order valence-corrected chi connectivity index (χ2v) is 4.62. The number of anilines is 3. The Kier molecular flexibility index (Phi) is 3.55. The van der Waals surface area contributed by atoms with Gasteiger partial charge in [0.15, 0.2) is 17.0 Å². The number of hydrogen-bond acceptors (Lipinski definition) is 6. The van der Waals surface area contributed by atoms with Crippen LogP contribution in [0.1, 0.15) is 12.0 Å². The predicted molar refractivity (Wildman–Crippen MR) is 78.8 cm³/mol. The van der Waals surface area contributed by atoms with Crippen LogP contribution in [-0.2, 0) is 7.05 Å². The van der Waals surface area contributed by atoms with E-state index in [4.69, 9.17) is 5.84 Å². The molecule has 2 heterocycles. The largest absolute Gasteiger partial charge is 0.338 e. The molecule has 0 aliphatic carbocycles. The van der Waals surface area contributed by atoms with Gasteiger partial charge in [-0.3, -0.25) is 5.43 Å². The van der Waals surface area contributed by atoms with Gasteiger partial charge in [0.2, 0.25) is 5.95 Å². The van der Waals surface area contributed by atoms with Gasteiger partial charge in [-0.15, -0.1) is 0 Å². The van der Waals surface area contributed by atoms with E-state index in [2.05, 4.69) is 25.7 Å². The first kappa shape index (κ1) is 14.1. The molecule has 0 unspecified atom stereocenters. The van der Waals surface area contributed by atoms with Gasteiger partial charge < -0.3 is 9.88 Å². The summed E-state index contributed by atoms with van der Waals surface area (Å²) in [6, 6.07) is 5.81. The number of fused-ring (bicyclic) bond motifs is 1. The zero-order valence-corrected chi connectivity index (χ0v) is 11.6. The molecule has 3 rings (SSSR count). The lowest BCUT2D eigenvalue weighted by molar-refractivity contribution is 0.151. The van der Waals surface area contributed by atoms with Gasteiger partial charge >= 0.3 is 0 Å². The molecule has 0 aliphatic rings. The number of benzene rings is 1. The molecule has 0 spiro atoms. The summed E-state index contributed by atoms with van der Waals surface area (Å²) < 4.78 is 26.8. The van der Waals surface area contributed by atoms with Crippen LogP contribution >= 0.6 is 0 Å². The minimum Gasteiger partial charge on any atom is -0.338 e. The Bertz CT molecular complexity index is 798. The van der Waals surface area contributed by atoms with E-state index in [-0.39, 0.29) is 11.5 Å². The highest BCUT2D eigenvalue weighted by Gasteiger charge is 2.12. The first-order chi connectivity index (χ1) is 10.6. The average molecular weight is 305 g/mol. The fourth-order valence-corrected chi connectivity index (χ4v) is 2.01. The molecule has 0 atom stereocenters.